The van der Waals surface area contributed by atoms with E-state index in [0.717, 1.165) is 33.0 Å². The molecule has 0 aliphatic carbocycles. The molecule has 0 saturated heterocycles. The Balaban J connectivity index is 0.000000136. The van der Waals surface area contributed by atoms with Crippen molar-refractivity contribution in [3.05, 3.63) is 212 Å². The van der Waals surface area contributed by atoms with Crippen molar-refractivity contribution < 1.29 is 20.4 Å². The van der Waals surface area contributed by atoms with E-state index >= 15 is 0 Å². The van der Waals surface area contributed by atoms with Gasteiger partial charge < -0.3 is 20.4 Å². The summed E-state index contributed by atoms with van der Waals surface area (Å²) in [6, 6.07) is 67.2. The van der Waals surface area contributed by atoms with Crippen molar-refractivity contribution in [2.45, 2.75) is 0 Å². The third-order valence-corrected chi connectivity index (χ3v) is 8.42. The number of phenolic OH excluding ortho intramolecular Hbond substituents is 4. The van der Waals surface area contributed by atoms with Gasteiger partial charge in [0.15, 0.2) is 0 Å². The van der Waals surface area contributed by atoms with Crippen LogP contribution in [0, 0.1) is 0 Å². The van der Waals surface area contributed by atoms with Crippen LogP contribution in [0.3, 0.4) is 0 Å². The molecule has 3 radical (unpaired) electrons. The van der Waals surface area contributed by atoms with Crippen molar-refractivity contribution in [3.63, 3.8) is 0 Å². The van der Waals surface area contributed by atoms with E-state index in [9.17, 15) is 5.11 Å². The van der Waals surface area contributed by atoms with E-state index in [1.165, 1.54) is 16.7 Å². The molecule has 0 amide bonds. The molecule has 0 spiro atoms. The molecule has 0 aliphatic heterocycles. The fourth-order valence-electron chi connectivity index (χ4n) is 5.26. The number of phenols is 4. The number of aromatic hydroxyl groups is 4. The van der Waals surface area contributed by atoms with E-state index in [0.29, 0.717) is 17.2 Å². The molecular weight excluding hydrogens is 669 g/mol. The van der Waals surface area contributed by atoms with Crippen LogP contribution in [-0.4, -0.2) is 30.7 Å². The molecule has 259 valence electrons. The maximum atomic E-state index is 9.25. The first-order valence-corrected chi connectivity index (χ1v) is 17.5. The highest BCUT2D eigenvalue weighted by Crippen LogP contribution is 2.23. The average Bonchev–Trinajstić information content (AvgIpc) is 3.21. The van der Waals surface area contributed by atoms with E-state index in [4.69, 9.17) is 15.3 Å². The predicted molar refractivity (Wildman–Crippen MR) is 220 cm³/mol. The lowest BCUT2D eigenvalue weighted by atomic mass is 10.1. The van der Waals surface area contributed by atoms with Crippen LogP contribution in [0.2, 0.25) is 0 Å². The van der Waals surface area contributed by atoms with E-state index in [1.807, 2.05) is 164 Å². The van der Waals surface area contributed by atoms with Gasteiger partial charge in [-0.1, -0.05) is 169 Å². The Morgan fingerprint density at radius 1 is 0.245 bits per heavy atom. The molecule has 5 heteroatoms. The van der Waals surface area contributed by atoms with Crippen molar-refractivity contribution in [1.82, 2.24) is 0 Å². The molecule has 8 aromatic carbocycles. The van der Waals surface area contributed by atoms with Crippen LogP contribution in [0.25, 0.3) is 44.5 Å². The van der Waals surface area contributed by atoms with Crippen molar-refractivity contribution in [1.29, 1.82) is 0 Å². The van der Waals surface area contributed by atoms with Gasteiger partial charge in [0, 0.05) is 0 Å². The first kappa shape index (κ1) is 37.4. The first-order valence-electron chi connectivity index (χ1n) is 17.0. The molecule has 0 heterocycles. The number of hydrogen-bond acceptors (Lipinski definition) is 4. The molecule has 0 fully saturated rings. The molecule has 0 saturated carbocycles. The molecule has 4 nitrogen and oxygen atoms in total. The summed E-state index contributed by atoms with van der Waals surface area (Å²) in [6.07, 6.45) is 0. The molecule has 8 aromatic rings. The largest absolute Gasteiger partial charge is 0.508 e. The Kier molecular flexibility index (Phi) is 13.8. The van der Waals surface area contributed by atoms with Gasteiger partial charge in [0.05, 0.1) is 10.2 Å². The van der Waals surface area contributed by atoms with Gasteiger partial charge in [0.25, 0.3) is 0 Å². The first-order chi connectivity index (χ1) is 25.9. The van der Waals surface area contributed by atoms with Gasteiger partial charge in [-0.05, 0) is 93.0 Å². The standard InChI is InChI=1S/C12H9OSi.3C12H10O/c13-10-6-7-11(12(14)8-10)9-4-2-1-3-5-9;3*13-12-8-6-11(7-9-12)10-4-2-1-3-5-10/h1-8,13H;3*1-9,13H. The van der Waals surface area contributed by atoms with E-state index in [1.54, 1.807) is 48.5 Å². The molecule has 4 N–H and O–H groups in total. The molecule has 53 heavy (non-hydrogen) atoms. The van der Waals surface area contributed by atoms with Gasteiger partial charge in [0.2, 0.25) is 0 Å². The molecule has 0 bridgehead atoms. The van der Waals surface area contributed by atoms with Crippen molar-refractivity contribution in [2.75, 3.05) is 0 Å². The van der Waals surface area contributed by atoms with Gasteiger partial charge >= 0.3 is 0 Å². The second-order valence-corrected chi connectivity index (χ2v) is 12.4. The minimum absolute atomic E-state index is 0.273. The van der Waals surface area contributed by atoms with Gasteiger partial charge in [-0.3, -0.25) is 0 Å². The van der Waals surface area contributed by atoms with Gasteiger partial charge in [-0.25, -0.2) is 0 Å². The number of benzene rings is 8. The zero-order chi connectivity index (χ0) is 37.3. The third-order valence-electron chi connectivity index (χ3n) is 8.01. The lowest BCUT2D eigenvalue weighted by Crippen LogP contribution is -2.05. The highest BCUT2D eigenvalue weighted by molar-refractivity contribution is 6.36. The quantitative estimate of drug-likeness (QED) is 0.137. The second kappa shape index (κ2) is 19.5. The predicted octanol–water partition coefficient (Wildman–Crippen LogP) is 11.0. The number of hydrogen-bond donors (Lipinski definition) is 4. The molecule has 0 aliphatic rings. The van der Waals surface area contributed by atoms with Crippen molar-refractivity contribution in [3.8, 4) is 67.5 Å². The average molecular weight is 708 g/mol. The SMILES string of the molecule is Oc1ccc(-c2ccccc2)c([Si])c1.Oc1ccc(-c2ccccc2)cc1.Oc1ccc(-c2ccccc2)cc1.Oc1ccc(-c2ccccc2)cc1. The van der Waals surface area contributed by atoms with E-state index in [2.05, 4.69) is 10.2 Å². The molecule has 0 unspecified atom stereocenters. The van der Waals surface area contributed by atoms with Crippen LogP contribution in [0.4, 0.5) is 0 Å². The topological polar surface area (TPSA) is 80.9 Å². The third kappa shape index (κ3) is 11.9. The zero-order valence-corrected chi connectivity index (χ0v) is 30.0. The number of rotatable bonds is 4. The Morgan fingerprint density at radius 2 is 0.491 bits per heavy atom. The summed E-state index contributed by atoms with van der Waals surface area (Å²) in [5, 5.41) is 37.5. The Bertz CT molecular complexity index is 2030. The summed E-state index contributed by atoms with van der Waals surface area (Å²) < 4.78 is 0. The lowest BCUT2D eigenvalue weighted by molar-refractivity contribution is 0.475. The van der Waals surface area contributed by atoms with Crippen molar-refractivity contribution in [2.24, 2.45) is 0 Å². The van der Waals surface area contributed by atoms with Crippen LogP contribution in [0.5, 0.6) is 23.0 Å². The smallest absolute Gasteiger partial charge is 0.115 e. The van der Waals surface area contributed by atoms with Gasteiger partial charge in [-0.2, -0.15) is 0 Å². The van der Waals surface area contributed by atoms with E-state index < -0.39 is 0 Å². The molecule has 0 aromatic heterocycles. The van der Waals surface area contributed by atoms with Crippen LogP contribution >= 0.6 is 0 Å². The highest BCUT2D eigenvalue weighted by atomic mass is 28.1. The monoisotopic (exact) mass is 707 g/mol. The molecule has 8 rings (SSSR count). The Hall–Kier alpha value is -6.82. The van der Waals surface area contributed by atoms with Gasteiger partial charge in [-0.15, -0.1) is 0 Å². The zero-order valence-electron chi connectivity index (χ0n) is 29.0. The summed E-state index contributed by atoms with van der Waals surface area (Å²) in [6.45, 7) is 0. The van der Waals surface area contributed by atoms with Crippen LogP contribution in [0.1, 0.15) is 0 Å². The minimum atomic E-state index is 0.273. The Morgan fingerprint density at radius 3 is 0.774 bits per heavy atom. The second-order valence-electron chi connectivity index (χ2n) is 11.8. The summed E-state index contributed by atoms with van der Waals surface area (Å²) in [5.41, 5.74) is 9.10. The summed E-state index contributed by atoms with van der Waals surface area (Å²) in [4.78, 5) is 0. The minimum Gasteiger partial charge on any atom is -0.508 e. The summed E-state index contributed by atoms with van der Waals surface area (Å²) >= 11 is 0. The normalized spacial score (nSPS) is 9.91. The lowest BCUT2D eigenvalue weighted by Gasteiger charge is -2.05. The summed E-state index contributed by atoms with van der Waals surface area (Å²) in [5.74, 6) is 1.19. The highest BCUT2D eigenvalue weighted by Gasteiger charge is 2.01. The maximum Gasteiger partial charge on any atom is 0.115 e. The van der Waals surface area contributed by atoms with Crippen LogP contribution in [-0.2, 0) is 0 Å². The maximum absolute atomic E-state index is 9.25. The van der Waals surface area contributed by atoms with Crippen LogP contribution < -0.4 is 5.19 Å². The van der Waals surface area contributed by atoms with Crippen LogP contribution in [0.15, 0.2) is 212 Å². The van der Waals surface area contributed by atoms with Gasteiger partial charge in [0.1, 0.15) is 23.0 Å². The molecular formula is C48H39O4Si. The van der Waals surface area contributed by atoms with Crippen molar-refractivity contribution >= 4 is 15.4 Å². The summed E-state index contributed by atoms with van der Waals surface area (Å²) in [7, 11) is 3.48. The fraction of sp³-hybridized carbons (Fsp3) is 0. The van der Waals surface area contributed by atoms with E-state index in [-0.39, 0.29) is 5.75 Å². The molecule has 0 atom stereocenters. The Labute approximate surface area is 314 Å². The fourth-order valence-corrected chi connectivity index (χ4v) is 5.63.